The molecule has 124 valence electrons. The van der Waals surface area contributed by atoms with Crippen molar-refractivity contribution in [3.63, 3.8) is 0 Å². The van der Waals surface area contributed by atoms with Crippen LogP contribution in [0.3, 0.4) is 0 Å². The Labute approximate surface area is 138 Å². The lowest BCUT2D eigenvalue weighted by Gasteiger charge is -2.26. The highest BCUT2D eigenvalue weighted by Crippen LogP contribution is 2.14. The number of carbonyl (C=O) groups is 1. The molecule has 0 heterocycles. The van der Waals surface area contributed by atoms with Crippen LogP contribution in [0, 0.1) is 12.3 Å². The van der Waals surface area contributed by atoms with Crippen molar-refractivity contribution in [3.8, 4) is 18.1 Å². The normalized spacial score (nSPS) is 11.5. The molecule has 0 radical (unpaired) electrons. The molecule has 23 heavy (non-hydrogen) atoms. The molecule has 0 unspecified atom stereocenters. The van der Waals surface area contributed by atoms with Crippen molar-refractivity contribution >= 4 is 11.6 Å². The number of terminal acetylenes is 1. The van der Waals surface area contributed by atoms with Gasteiger partial charge in [-0.25, -0.2) is 0 Å². The third-order valence-electron chi connectivity index (χ3n) is 3.77. The Morgan fingerprint density at radius 2 is 1.91 bits per heavy atom. The maximum absolute atomic E-state index is 11.9. The molecule has 5 nitrogen and oxygen atoms in total. The summed E-state index contributed by atoms with van der Waals surface area (Å²) in [6, 6.07) is 7.42. The smallest absolute Gasteiger partial charge is 0.261 e. The van der Waals surface area contributed by atoms with E-state index in [1.54, 1.807) is 7.11 Å². The molecule has 1 aromatic carbocycles. The Balaban J connectivity index is 2.57. The molecule has 0 saturated heterocycles. The van der Waals surface area contributed by atoms with Crippen molar-refractivity contribution < 1.29 is 14.4 Å². The molecule has 1 amide bonds. The molecule has 0 saturated carbocycles. The number of hydrogen-bond acceptors (Lipinski definition) is 4. The Morgan fingerprint density at radius 3 is 2.39 bits per heavy atom. The van der Waals surface area contributed by atoms with Crippen LogP contribution in [0.2, 0.25) is 0 Å². The summed E-state index contributed by atoms with van der Waals surface area (Å²) in [7, 11) is 1.61. The van der Waals surface area contributed by atoms with Crippen LogP contribution in [-0.2, 0) is 9.63 Å². The zero-order valence-corrected chi connectivity index (χ0v) is 14.2. The molecule has 0 atom stereocenters. The molecular weight excluding hydrogens is 292 g/mol. The Hall–Kier alpha value is -2.48. The summed E-state index contributed by atoms with van der Waals surface area (Å²) in [6.07, 6.45) is 6.84. The summed E-state index contributed by atoms with van der Waals surface area (Å²) in [5, 5.41) is 6.78. The van der Waals surface area contributed by atoms with Gasteiger partial charge in [-0.05, 0) is 49.6 Å². The van der Waals surface area contributed by atoms with Crippen molar-refractivity contribution in [1.82, 2.24) is 5.32 Å². The summed E-state index contributed by atoms with van der Waals surface area (Å²) in [4.78, 5) is 17.0. The van der Waals surface area contributed by atoms with E-state index in [2.05, 4.69) is 16.4 Å². The molecule has 0 aliphatic heterocycles. The van der Waals surface area contributed by atoms with E-state index in [0.29, 0.717) is 18.6 Å². The number of nitrogens with zero attached hydrogens (tertiary/aromatic N) is 1. The molecule has 0 aliphatic carbocycles. The lowest BCUT2D eigenvalue weighted by Crippen LogP contribution is -2.47. The van der Waals surface area contributed by atoms with Gasteiger partial charge >= 0.3 is 0 Å². The highest BCUT2D eigenvalue weighted by molar-refractivity contribution is 5.98. The standard InChI is InChI=1S/C18H24N2O3/c1-6-18(7-2,8-3)19-17(21)13-23-20-14(4)15-9-11-16(22-5)12-10-15/h1,9-12H,7-8,13H2,2-5H3,(H,19,21)/b20-14-. The van der Waals surface area contributed by atoms with E-state index in [4.69, 9.17) is 16.0 Å². The van der Waals surface area contributed by atoms with Gasteiger partial charge in [0.2, 0.25) is 0 Å². The Kier molecular flexibility index (Phi) is 7.14. The maximum atomic E-state index is 11.9. The first-order valence-electron chi connectivity index (χ1n) is 7.60. The molecule has 0 aliphatic rings. The van der Waals surface area contributed by atoms with Crippen LogP contribution in [0.25, 0.3) is 0 Å². The zero-order chi connectivity index (χ0) is 17.3. The van der Waals surface area contributed by atoms with Crippen molar-refractivity contribution in [3.05, 3.63) is 29.8 Å². The van der Waals surface area contributed by atoms with Gasteiger partial charge in [0, 0.05) is 0 Å². The number of hydrogen-bond donors (Lipinski definition) is 1. The van der Waals surface area contributed by atoms with E-state index in [9.17, 15) is 4.79 Å². The van der Waals surface area contributed by atoms with Crippen LogP contribution in [0.15, 0.2) is 29.4 Å². The van der Waals surface area contributed by atoms with Gasteiger partial charge < -0.3 is 14.9 Å². The minimum absolute atomic E-state index is 0.170. The fraction of sp³-hybridized carbons (Fsp3) is 0.444. The van der Waals surface area contributed by atoms with E-state index in [0.717, 1.165) is 11.3 Å². The maximum Gasteiger partial charge on any atom is 0.261 e. The quantitative estimate of drug-likeness (QED) is 0.456. The summed E-state index contributed by atoms with van der Waals surface area (Å²) in [5.41, 5.74) is 0.954. The molecule has 0 aromatic heterocycles. The largest absolute Gasteiger partial charge is 0.497 e. The molecule has 1 aromatic rings. The van der Waals surface area contributed by atoms with Gasteiger partial charge in [0.15, 0.2) is 6.61 Å². The van der Waals surface area contributed by atoms with E-state index in [1.165, 1.54) is 0 Å². The number of nitrogens with one attached hydrogen (secondary N) is 1. The summed E-state index contributed by atoms with van der Waals surface area (Å²) in [5.74, 6) is 3.14. The van der Waals surface area contributed by atoms with Gasteiger partial charge in [-0.2, -0.15) is 0 Å². The van der Waals surface area contributed by atoms with Gasteiger partial charge in [0.05, 0.1) is 12.8 Å². The van der Waals surface area contributed by atoms with Gasteiger partial charge in [-0.3, -0.25) is 4.79 Å². The molecule has 5 heteroatoms. The number of benzene rings is 1. The van der Waals surface area contributed by atoms with Gasteiger partial charge in [-0.1, -0.05) is 24.9 Å². The molecule has 1 N–H and O–H groups in total. The van der Waals surface area contributed by atoms with Gasteiger partial charge in [-0.15, -0.1) is 6.42 Å². The zero-order valence-electron chi connectivity index (χ0n) is 14.2. The second-order valence-electron chi connectivity index (χ2n) is 5.16. The van der Waals surface area contributed by atoms with Crippen molar-refractivity contribution in [2.75, 3.05) is 13.7 Å². The summed E-state index contributed by atoms with van der Waals surface area (Å²) in [6.45, 7) is 5.52. The summed E-state index contributed by atoms with van der Waals surface area (Å²) < 4.78 is 5.10. The molecule has 0 spiro atoms. The lowest BCUT2D eigenvalue weighted by molar-refractivity contribution is -0.127. The lowest BCUT2D eigenvalue weighted by atomic mass is 9.94. The average Bonchev–Trinajstić information content (AvgIpc) is 2.59. The third kappa shape index (κ3) is 5.33. The van der Waals surface area contributed by atoms with Crippen LogP contribution in [0.1, 0.15) is 39.2 Å². The topological polar surface area (TPSA) is 59.9 Å². The first-order valence-corrected chi connectivity index (χ1v) is 7.60. The number of methoxy groups -OCH3 is 1. The number of amides is 1. The number of ether oxygens (including phenoxy) is 1. The van der Waals surface area contributed by atoms with Crippen LogP contribution in [0.5, 0.6) is 5.75 Å². The fourth-order valence-electron chi connectivity index (χ4n) is 2.04. The van der Waals surface area contributed by atoms with Crippen molar-refractivity contribution in [2.45, 2.75) is 39.2 Å². The monoisotopic (exact) mass is 316 g/mol. The molecule has 1 rings (SSSR count). The highest BCUT2D eigenvalue weighted by atomic mass is 16.6. The second kappa shape index (κ2) is 8.84. The highest BCUT2D eigenvalue weighted by Gasteiger charge is 2.25. The van der Waals surface area contributed by atoms with E-state index >= 15 is 0 Å². The van der Waals surface area contributed by atoms with Gasteiger partial charge in [0.25, 0.3) is 5.91 Å². The van der Waals surface area contributed by atoms with Crippen LogP contribution in [0.4, 0.5) is 0 Å². The predicted octanol–water partition coefficient (Wildman–Crippen LogP) is 2.74. The van der Waals surface area contributed by atoms with Crippen molar-refractivity contribution in [1.29, 1.82) is 0 Å². The fourth-order valence-corrected chi connectivity index (χ4v) is 2.04. The molecule has 0 fully saturated rings. The van der Waals surface area contributed by atoms with Crippen LogP contribution < -0.4 is 10.1 Å². The SMILES string of the molecule is C#CC(CC)(CC)NC(=O)CO/N=C(/C)c1ccc(OC)cc1. The van der Waals surface area contributed by atoms with Crippen molar-refractivity contribution in [2.24, 2.45) is 5.16 Å². The number of carbonyl (C=O) groups excluding carboxylic acids is 1. The number of oxime groups is 1. The second-order valence-corrected chi connectivity index (χ2v) is 5.16. The number of rotatable bonds is 8. The van der Waals surface area contributed by atoms with Gasteiger partial charge in [0.1, 0.15) is 11.3 Å². The third-order valence-corrected chi connectivity index (χ3v) is 3.77. The van der Waals surface area contributed by atoms with E-state index in [1.807, 2.05) is 45.0 Å². The summed E-state index contributed by atoms with van der Waals surface area (Å²) >= 11 is 0. The van der Waals surface area contributed by atoms with Crippen LogP contribution >= 0.6 is 0 Å². The van der Waals surface area contributed by atoms with E-state index in [-0.39, 0.29) is 12.5 Å². The minimum Gasteiger partial charge on any atom is -0.497 e. The Morgan fingerprint density at radius 1 is 1.30 bits per heavy atom. The van der Waals surface area contributed by atoms with Crippen LogP contribution in [-0.4, -0.2) is 30.9 Å². The Bertz CT molecular complexity index is 581. The molecular formula is C18H24N2O3. The minimum atomic E-state index is -0.616. The first-order chi connectivity index (χ1) is 11.0. The first kappa shape index (κ1) is 18.6. The van der Waals surface area contributed by atoms with E-state index < -0.39 is 5.54 Å². The predicted molar refractivity (Wildman–Crippen MR) is 91.4 cm³/mol. The average molecular weight is 316 g/mol. The molecule has 0 bridgehead atoms.